The van der Waals surface area contributed by atoms with E-state index in [2.05, 4.69) is 48.2 Å². The number of aryl methyl sites for hydroxylation is 1. The van der Waals surface area contributed by atoms with Crippen LogP contribution in [0.15, 0.2) is 36.9 Å². The van der Waals surface area contributed by atoms with Crippen LogP contribution in [0.2, 0.25) is 0 Å². The van der Waals surface area contributed by atoms with Crippen molar-refractivity contribution >= 4 is 5.69 Å². The van der Waals surface area contributed by atoms with Gasteiger partial charge in [0.25, 0.3) is 0 Å². The topological polar surface area (TPSA) is 15.3 Å². The van der Waals surface area contributed by atoms with Gasteiger partial charge in [-0.05, 0) is 31.9 Å². The molecule has 0 radical (unpaired) electrons. The molecule has 1 fully saturated rings. The van der Waals surface area contributed by atoms with Crippen LogP contribution in [0, 0.1) is 6.92 Å². The molecule has 1 aromatic rings. The molecule has 2 heteroatoms. The molecule has 1 aromatic carbocycles. The highest BCUT2D eigenvalue weighted by molar-refractivity contribution is 5.43. The lowest BCUT2D eigenvalue weighted by Crippen LogP contribution is -2.33. The van der Waals surface area contributed by atoms with E-state index in [4.69, 9.17) is 0 Å². The van der Waals surface area contributed by atoms with Gasteiger partial charge in [0.1, 0.15) is 0 Å². The van der Waals surface area contributed by atoms with Crippen LogP contribution in [0.4, 0.5) is 5.69 Å². The van der Waals surface area contributed by atoms with E-state index < -0.39 is 0 Å². The Kier molecular flexibility index (Phi) is 3.07. The maximum Gasteiger partial charge on any atom is 0.0490 e. The molecule has 1 N–H and O–H groups in total. The quantitative estimate of drug-likeness (QED) is 0.758. The van der Waals surface area contributed by atoms with Gasteiger partial charge in [-0.2, -0.15) is 0 Å². The van der Waals surface area contributed by atoms with Gasteiger partial charge >= 0.3 is 0 Å². The zero-order valence-corrected chi connectivity index (χ0v) is 9.24. The molecule has 2 rings (SSSR count). The summed E-state index contributed by atoms with van der Waals surface area (Å²) in [6, 6.07) is 8.97. The highest BCUT2D eigenvalue weighted by Gasteiger charge is 2.21. The van der Waals surface area contributed by atoms with E-state index in [0.717, 1.165) is 12.2 Å². The maximum absolute atomic E-state index is 3.87. The van der Waals surface area contributed by atoms with Gasteiger partial charge in [-0.15, -0.1) is 6.58 Å². The minimum Gasteiger partial charge on any atom is -0.318 e. The average molecular weight is 202 g/mol. The molecule has 0 aliphatic carbocycles. The summed E-state index contributed by atoms with van der Waals surface area (Å²) >= 11 is 0. The molecule has 1 aliphatic rings. The minimum atomic E-state index is 0.478. The highest BCUT2D eigenvalue weighted by Crippen LogP contribution is 2.19. The van der Waals surface area contributed by atoms with Crippen molar-refractivity contribution in [3.05, 3.63) is 42.5 Å². The molecule has 2 nitrogen and oxygen atoms in total. The number of hydrogen-bond donors (Lipinski definition) is 1. The second kappa shape index (κ2) is 4.49. The van der Waals surface area contributed by atoms with E-state index in [0.29, 0.717) is 6.04 Å². The SMILES string of the molecule is C=CC1CCCN1Nc1ccc(C)cc1. The van der Waals surface area contributed by atoms with E-state index in [1.54, 1.807) is 0 Å². The first kappa shape index (κ1) is 10.2. The lowest BCUT2D eigenvalue weighted by molar-refractivity contribution is 0.351. The first-order valence-electron chi connectivity index (χ1n) is 5.52. The van der Waals surface area contributed by atoms with Crippen LogP contribution in [-0.4, -0.2) is 17.6 Å². The van der Waals surface area contributed by atoms with Crippen LogP contribution in [0.25, 0.3) is 0 Å². The Morgan fingerprint density at radius 3 is 2.80 bits per heavy atom. The standard InChI is InChI=1S/C13H18N2/c1-3-13-5-4-10-15(13)14-12-8-6-11(2)7-9-12/h3,6-9,13-14H,1,4-5,10H2,2H3. The van der Waals surface area contributed by atoms with Crippen molar-refractivity contribution in [3.8, 4) is 0 Å². The summed E-state index contributed by atoms with van der Waals surface area (Å²) in [6.07, 6.45) is 4.48. The third-order valence-electron chi connectivity index (χ3n) is 2.90. The molecule has 0 bridgehead atoms. The van der Waals surface area contributed by atoms with Crippen LogP contribution in [-0.2, 0) is 0 Å². The molecule has 0 spiro atoms. The maximum atomic E-state index is 3.87. The zero-order valence-electron chi connectivity index (χ0n) is 9.24. The van der Waals surface area contributed by atoms with Crippen LogP contribution >= 0.6 is 0 Å². The second-order valence-corrected chi connectivity index (χ2v) is 4.12. The number of hydrogen-bond acceptors (Lipinski definition) is 2. The number of hydrazine groups is 1. The molecule has 0 saturated carbocycles. The summed E-state index contributed by atoms with van der Waals surface area (Å²) < 4.78 is 0. The van der Waals surface area contributed by atoms with E-state index in [1.807, 2.05) is 6.08 Å². The summed E-state index contributed by atoms with van der Waals surface area (Å²) in [5.74, 6) is 0. The predicted octanol–water partition coefficient (Wildman–Crippen LogP) is 2.97. The van der Waals surface area contributed by atoms with Gasteiger partial charge in [-0.3, -0.25) is 0 Å². The van der Waals surface area contributed by atoms with Crippen molar-refractivity contribution < 1.29 is 0 Å². The van der Waals surface area contributed by atoms with Gasteiger partial charge in [0, 0.05) is 18.3 Å². The number of nitrogens with one attached hydrogen (secondary N) is 1. The smallest absolute Gasteiger partial charge is 0.0490 e. The van der Waals surface area contributed by atoms with Gasteiger partial charge in [0.2, 0.25) is 0 Å². The van der Waals surface area contributed by atoms with E-state index in [-0.39, 0.29) is 0 Å². The molecule has 1 heterocycles. The highest BCUT2D eigenvalue weighted by atomic mass is 15.5. The van der Waals surface area contributed by atoms with E-state index in [9.17, 15) is 0 Å². The first-order valence-corrected chi connectivity index (χ1v) is 5.52. The van der Waals surface area contributed by atoms with Crippen molar-refractivity contribution in [1.29, 1.82) is 0 Å². The summed E-state index contributed by atoms with van der Waals surface area (Å²) in [5, 5.41) is 2.26. The Hall–Kier alpha value is -1.28. The van der Waals surface area contributed by atoms with Gasteiger partial charge in [0.05, 0.1) is 0 Å². The average Bonchev–Trinajstić information content (AvgIpc) is 2.69. The van der Waals surface area contributed by atoms with Gasteiger partial charge < -0.3 is 5.43 Å². The van der Waals surface area contributed by atoms with Crippen molar-refractivity contribution in [2.45, 2.75) is 25.8 Å². The minimum absolute atomic E-state index is 0.478. The predicted molar refractivity (Wildman–Crippen MR) is 64.7 cm³/mol. The lowest BCUT2D eigenvalue weighted by atomic mass is 10.2. The fourth-order valence-corrected chi connectivity index (χ4v) is 1.97. The summed E-state index contributed by atoms with van der Waals surface area (Å²) in [5.41, 5.74) is 5.89. The second-order valence-electron chi connectivity index (χ2n) is 4.12. The van der Waals surface area contributed by atoms with Crippen LogP contribution in [0.1, 0.15) is 18.4 Å². The molecule has 1 saturated heterocycles. The monoisotopic (exact) mass is 202 g/mol. The fraction of sp³-hybridized carbons (Fsp3) is 0.385. The summed E-state index contributed by atoms with van der Waals surface area (Å²) in [4.78, 5) is 0. The van der Waals surface area contributed by atoms with E-state index in [1.165, 1.54) is 18.4 Å². The Labute approximate surface area is 91.6 Å². The van der Waals surface area contributed by atoms with Crippen molar-refractivity contribution in [3.63, 3.8) is 0 Å². The van der Waals surface area contributed by atoms with Crippen LogP contribution in [0.5, 0.6) is 0 Å². The van der Waals surface area contributed by atoms with Gasteiger partial charge in [-0.1, -0.05) is 23.8 Å². The molecule has 1 unspecified atom stereocenters. The van der Waals surface area contributed by atoms with Crippen molar-refractivity contribution in [2.75, 3.05) is 12.0 Å². The lowest BCUT2D eigenvalue weighted by Gasteiger charge is -2.23. The summed E-state index contributed by atoms with van der Waals surface area (Å²) in [6.45, 7) is 7.07. The van der Waals surface area contributed by atoms with Gasteiger partial charge in [-0.25, -0.2) is 5.01 Å². The van der Waals surface area contributed by atoms with Crippen LogP contribution < -0.4 is 5.43 Å². The Bertz CT molecular complexity index is 329. The fourth-order valence-electron chi connectivity index (χ4n) is 1.97. The van der Waals surface area contributed by atoms with Crippen molar-refractivity contribution in [1.82, 2.24) is 5.01 Å². The molecule has 15 heavy (non-hydrogen) atoms. The Morgan fingerprint density at radius 2 is 2.13 bits per heavy atom. The van der Waals surface area contributed by atoms with Crippen molar-refractivity contribution in [2.24, 2.45) is 0 Å². The Balaban J connectivity index is 2.02. The largest absolute Gasteiger partial charge is 0.318 e. The molecule has 80 valence electrons. The molecule has 0 aromatic heterocycles. The summed E-state index contributed by atoms with van der Waals surface area (Å²) in [7, 11) is 0. The van der Waals surface area contributed by atoms with Gasteiger partial charge in [0.15, 0.2) is 0 Å². The number of benzene rings is 1. The number of nitrogens with zero attached hydrogens (tertiary/aromatic N) is 1. The van der Waals surface area contributed by atoms with Crippen LogP contribution in [0.3, 0.4) is 0 Å². The molecular weight excluding hydrogens is 184 g/mol. The molecular formula is C13H18N2. The first-order chi connectivity index (χ1) is 7.29. The van der Waals surface area contributed by atoms with E-state index >= 15 is 0 Å². The normalized spacial score (nSPS) is 21.5. The molecule has 1 aliphatic heterocycles. The third-order valence-corrected chi connectivity index (χ3v) is 2.90. The number of anilines is 1. The molecule has 0 amide bonds. The molecule has 1 atom stereocenters. The zero-order chi connectivity index (χ0) is 10.7. The Morgan fingerprint density at radius 1 is 1.40 bits per heavy atom. The third kappa shape index (κ3) is 2.39. The number of rotatable bonds is 3.